The third kappa shape index (κ3) is 3.70. The maximum absolute atomic E-state index is 13.0. The molecule has 8 heteroatoms. The van der Waals surface area contributed by atoms with E-state index < -0.39 is 17.7 Å². The Morgan fingerprint density at radius 3 is 2.33 bits per heavy atom. The molecule has 1 saturated heterocycles. The molecule has 1 aliphatic rings. The summed E-state index contributed by atoms with van der Waals surface area (Å²) in [6.07, 6.45) is 0. The van der Waals surface area contributed by atoms with Crippen molar-refractivity contribution in [2.24, 2.45) is 7.05 Å². The summed E-state index contributed by atoms with van der Waals surface area (Å²) in [6, 6.07) is 6.50. The molecule has 1 atom stereocenters. The lowest BCUT2D eigenvalue weighted by Gasteiger charge is -2.26. The highest BCUT2D eigenvalue weighted by Gasteiger charge is 2.46. The van der Waals surface area contributed by atoms with Gasteiger partial charge in [0.2, 0.25) is 0 Å². The monoisotopic (exact) mass is 412 g/mol. The Balaban J connectivity index is 2.19. The van der Waals surface area contributed by atoms with Gasteiger partial charge in [-0.1, -0.05) is 12.1 Å². The molecule has 0 bridgehead atoms. The smallest absolute Gasteiger partial charge is 0.295 e. The van der Waals surface area contributed by atoms with Gasteiger partial charge in [-0.05, 0) is 45.6 Å². The number of aliphatic hydroxyl groups excluding tert-OH is 1. The summed E-state index contributed by atoms with van der Waals surface area (Å²) in [6.45, 7) is 4.53. The first-order valence-electron chi connectivity index (χ1n) is 9.75. The number of ether oxygens (including phenoxy) is 1. The number of carbonyl (C=O) groups excluding carboxylic acids is 2. The molecule has 1 amide bonds. The van der Waals surface area contributed by atoms with Crippen LogP contribution >= 0.6 is 0 Å². The SMILES string of the molecule is COc1ccc([C@H]2C(=C(O)c3c(C)nn(C)c3C)C(=O)C(=O)N2CCN(C)C)cc1. The Hall–Kier alpha value is -3.13. The predicted molar refractivity (Wildman–Crippen MR) is 113 cm³/mol. The molecule has 0 unspecified atom stereocenters. The van der Waals surface area contributed by atoms with Crippen LogP contribution in [0, 0.1) is 13.8 Å². The van der Waals surface area contributed by atoms with Crippen LogP contribution in [0.2, 0.25) is 0 Å². The first-order valence-corrected chi connectivity index (χ1v) is 9.75. The second kappa shape index (κ2) is 8.31. The van der Waals surface area contributed by atoms with Crippen molar-refractivity contribution in [2.75, 3.05) is 34.3 Å². The van der Waals surface area contributed by atoms with E-state index in [9.17, 15) is 14.7 Å². The van der Waals surface area contributed by atoms with E-state index in [2.05, 4.69) is 5.10 Å². The zero-order valence-electron chi connectivity index (χ0n) is 18.3. The summed E-state index contributed by atoms with van der Waals surface area (Å²) in [4.78, 5) is 29.4. The summed E-state index contributed by atoms with van der Waals surface area (Å²) < 4.78 is 6.88. The number of ketones is 1. The molecule has 8 nitrogen and oxygen atoms in total. The molecule has 1 N–H and O–H groups in total. The minimum atomic E-state index is -0.685. The van der Waals surface area contributed by atoms with Gasteiger partial charge in [0.25, 0.3) is 11.7 Å². The molecule has 1 fully saturated rings. The van der Waals surface area contributed by atoms with Gasteiger partial charge in [-0.25, -0.2) is 0 Å². The standard InChI is InChI=1S/C22H28N4O4/c1-13-17(14(2)25(5)23-13)20(27)18-19(15-7-9-16(30-6)10-8-15)26(12-11-24(3)4)22(29)21(18)28/h7-10,19,27H,11-12H2,1-6H3/t19-/m0/s1. The number of aliphatic hydroxyl groups is 1. The number of aryl methyl sites for hydroxylation is 2. The van der Waals surface area contributed by atoms with Gasteiger partial charge in [-0.3, -0.25) is 14.3 Å². The van der Waals surface area contributed by atoms with Crippen molar-refractivity contribution in [3.8, 4) is 5.75 Å². The molecule has 1 aromatic carbocycles. The normalized spacial score (nSPS) is 18.5. The van der Waals surface area contributed by atoms with Crippen molar-refractivity contribution >= 4 is 17.4 Å². The topological polar surface area (TPSA) is 87.9 Å². The summed E-state index contributed by atoms with van der Waals surface area (Å²) in [5.74, 6) is -0.819. The molecule has 1 aromatic heterocycles. The highest BCUT2D eigenvalue weighted by Crippen LogP contribution is 2.40. The number of Topliss-reactive ketones (excluding diaryl/α,β-unsaturated/α-hetero) is 1. The summed E-state index contributed by atoms with van der Waals surface area (Å²) in [5, 5.41) is 15.5. The van der Waals surface area contributed by atoms with Crippen LogP contribution in [0.1, 0.15) is 28.6 Å². The number of hydrogen-bond donors (Lipinski definition) is 1. The second-order valence-electron chi connectivity index (χ2n) is 7.74. The number of methoxy groups -OCH3 is 1. The summed E-state index contributed by atoms with van der Waals surface area (Å²) >= 11 is 0. The lowest BCUT2D eigenvalue weighted by molar-refractivity contribution is -0.140. The Morgan fingerprint density at radius 1 is 1.20 bits per heavy atom. The van der Waals surface area contributed by atoms with Crippen molar-refractivity contribution < 1.29 is 19.4 Å². The fraction of sp³-hybridized carbons (Fsp3) is 0.409. The maximum Gasteiger partial charge on any atom is 0.295 e. The van der Waals surface area contributed by atoms with Crippen molar-refractivity contribution in [3.63, 3.8) is 0 Å². The number of hydrogen-bond acceptors (Lipinski definition) is 6. The Labute approximate surface area is 176 Å². The number of likely N-dealkylation sites (N-methyl/N-ethyl adjacent to an activating group) is 1. The number of likely N-dealkylation sites (tertiary alicyclic amines) is 1. The van der Waals surface area contributed by atoms with E-state index >= 15 is 0 Å². The van der Waals surface area contributed by atoms with Gasteiger partial charge in [0.1, 0.15) is 11.5 Å². The van der Waals surface area contributed by atoms with Gasteiger partial charge in [0, 0.05) is 25.8 Å². The fourth-order valence-corrected chi connectivity index (χ4v) is 3.80. The van der Waals surface area contributed by atoms with E-state index in [4.69, 9.17) is 4.74 Å². The molecule has 1 aliphatic heterocycles. The zero-order valence-corrected chi connectivity index (χ0v) is 18.3. The molecule has 2 heterocycles. The van der Waals surface area contributed by atoms with Crippen LogP contribution in [0.3, 0.4) is 0 Å². The predicted octanol–water partition coefficient (Wildman–Crippen LogP) is 2.03. The molecule has 160 valence electrons. The van der Waals surface area contributed by atoms with E-state index in [0.29, 0.717) is 30.1 Å². The minimum absolute atomic E-state index is 0.0862. The number of nitrogens with zero attached hydrogens (tertiary/aromatic N) is 4. The highest BCUT2D eigenvalue weighted by molar-refractivity contribution is 6.46. The van der Waals surface area contributed by atoms with Gasteiger partial charge in [-0.15, -0.1) is 0 Å². The van der Waals surface area contributed by atoms with Crippen molar-refractivity contribution in [1.29, 1.82) is 0 Å². The van der Waals surface area contributed by atoms with Gasteiger partial charge in [0.15, 0.2) is 0 Å². The van der Waals surface area contributed by atoms with Crippen LogP contribution < -0.4 is 4.74 Å². The van der Waals surface area contributed by atoms with Crippen molar-refractivity contribution in [2.45, 2.75) is 19.9 Å². The molecule has 2 aromatic rings. The van der Waals surface area contributed by atoms with Crippen molar-refractivity contribution in [1.82, 2.24) is 19.6 Å². The average Bonchev–Trinajstić information content (AvgIpc) is 3.11. The maximum atomic E-state index is 13.0. The summed E-state index contributed by atoms with van der Waals surface area (Å²) in [7, 11) is 7.16. The number of amides is 1. The Kier molecular flexibility index (Phi) is 5.98. The average molecular weight is 412 g/mol. The van der Waals surface area contributed by atoms with E-state index in [0.717, 1.165) is 11.3 Å². The van der Waals surface area contributed by atoms with Crippen LogP contribution in [-0.2, 0) is 16.6 Å². The van der Waals surface area contributed by atoms with Gasteiger partial charge in [-0.2, -0.15) is 5.10 Å². The number of aromatic nitrogens is 2. The summed E-state index contributed by atoms with van der Waals surface area (Å²) in [5.41, 5.74) is 2.62. The third-order valence-corrected chi connectivity index (χ3v) is 5.51. The number of rotatable bonds is 6. The first-order chi connectivity index (χ1) is 14.2. The number of benzene rings is 1. The van der Waals surface area contributed by atoms with E-state index in [1.807, 2.05) is 38.1 Å². The van der Waals surface area contributed by atoms with Crippen LogP contribution in [0.25, 0.3) is 5.76 Å². The fourth-order valence-electron chi connectivity index (χ4n) is 3.80. The van der Waals surface area contributed by atoms with Gasteiger partial charge >= 0.3 is 0 Å². The molecule has 0 aliphatic carbocycles. The van der Waals surface area contributed by atoms with Gasteiger partial charge < -0.3 is 19.6 Å². The molecule has 0 radical (unpaired) electrons. The third-order valence-electron chi connectivity index (χ3n) is 5.51. The van der Waals surface area contributed by atoms with Gasteiger partial charge in [0.05, 0.1) is 30.0 Å². The van der Waals surface area contributed by atoms with E-state index in [1.165, 1.54) is 4.90 Å². The van der Waals surface area contributed by atoms with E-state index in [1.54, 1.807) is 37.9 Å². The lowest BCUT2D eigenvalue weighted by atomic mass is 9.94. The van der Waals surface area contributed by atoms with Crippen molar-refractivity contribution in [3.05, 3.63) is 52.4 Å². The lowest BCUT2D eigenvalue weighted by Crippen LogP contribution is -2.35. The quantitative estimate of drug-likeness (QED) is 0.444. The Bertz CT molecular complexity index is 1000. The van der Waals surface area contributed by atoms with E-state index in [-0.39, 0.29) is 11.3 Å². The minimum Gasteiger partial charge on any atom is -0.507 e. The van der Waals surface area contributed by atoms with Crippen LogP contribution in [0.15, 0.2) is 29.8 Å². The molecule has 0 saturated carbocycles. The molecule has 0 spiro atoms. The first kappa shape index (κ1) is 21.6. The van der Waals surface area contributed by atoms with Crippen LogP contribution in [0.4, 0.5) is 0 Å². The molecule has 30 heavy (non-hydrogen) atoms. The van der Waals surface area contributed by atoms with Crippen LogP contribution in [0.5, 0.6) is 5.75 Å². The zero-order chi connectivity index (χ0) is 22.2. The molecular weight excluding hydrogens is 384 g/mol. The van der Waals surface area contributed by atoms with Crippen LogP contribution in [-0.4, -0.2) is 70.7 Å². The Morgan fingerprint density at radius 2 is 1.83 bits per heavy atom. The second-order valence-corrected chi connectivity index (χ2v) is 7.74. The molecule has 3 rings (SSSR count). The number of carbonyl (C=O) groups is 2. The molecular formula is C22H28N4O4. The highest BCUT2D eigenvalue weighted by atomic mass is 16.5. The largest absolute Gasteiger partial charge is 0.507 e.